The van der Waals surface area contributed by atoms with Crippen LogP contribution in [-0.4, -0.2) is 50.4 Å². The van der Waals surface area contributed by atoms with Gasteiger partial charge in [0.2, 0.25) is 11.8 Å². The predicted molar refractivity (Wildman–Crippen MR) is 165 cm³/mol. The molecular weight excluding hydrogens is 593 g/mol. The molecule has 0 radical (unpaired) electrons. The normalized spacial score (nSPS) is 14.5. The van der Waals surface area contributed by atoms with E-state index in [1.54, 1.807) is 37.3 Å². The number of carbonyl (C=O) groups excluding carboxylic acids is 2. The molecule has 0 saturated heterocycles. The lowest BCUT2D eigenvalue weighted by Gasteiger charge is -2.33. The first-order valence-electron chi connectivity index (χ1n) is 14.4. The molecule has 2 amide bonds. The lowest BCUT2D eigenvalue weighted by atomic mass is 9.95. The number of hydrogen-bond donors (Lipinski definition) is 1. The van der Waals surface area contributed by atoms with E-state index >= 15 is 0 Å². The highest BCUT2D eigenvalue weighted by Gasteiger charge is 2.33. The fraction of sp³-hybridized carbons (Fsp3) is 0.375. The van der Waals surface area contributed by atoms with E-state index in [4.69, 9.17) is 16.3 Å². The van der Waals surface area contributed by atoms with Crippen LogP contribution < -0.4 is 14.4 Å². The molecule has 11 heteroatoms. The minimum absolute atomic E-state index is 0.000233. The maximum atomic E-state index is 14.8. The highest BCUT2D eigenvalue weighted by molar-refractivity contribution is 7.92. The van der Waals surface area contributed by atoms with Crippen molar-refractivity contribution in [2.75, 3.05) is 17.5 Å². The van der Waals surface area contributed by atoms with Crippen LogP contribution in [0.2, 0.25) is 5.02 Å². The van der Waals surface area contributed by atoms with Crippen LogP contribution in [-0.2, 0) is 26.2 Å². The van der Waals surface area contributed by atoms with Gasteiger partial charge in [0.15, 0.2) is 0 Å². The Morgan fingerprint density at radius 1 is 1.00 bits per heavy atom. The third-order valence-electron chi connectivity index (χ3n) is 7.53. The number of nitrogens with one attached hydrogen (secondary N) is 1. The zero-order valence-electron chi connectivity index (χ0n) is 24.3. The molecule has 43 heavy (non-hydrogen) atoms. The second-order valence-corrected chi connectivity index (χ2v) is 12.8. The van der Waals surface area contributed by atoms with Gasteiger partial charge in [-0.3, -0.25) is 13.9 Å². The summed E-state index contributed by atoms with van der Waals surface area (Å²) in [4.78, 5) is 28.6. The fourth-order valence-electron chi connectivity index (χ4n) is 5.10. The number of anilines is 1. The summed E-state index contributed by atoms with van der Waals surface area (Å²) >= 11 is 6.00. The first-order valence-corrected chi connectivity index (χ1v) is 16.3. The molecule has 0 unspecified atom stereocenters. The molecule has 1 fully saturated rings. The Morgan fingerprint density at radius 2 is 1.65 bits per heavy atom. The molecule has 1 aliphatic carbocycles. The van der Waals surface area contributed by atoms with Crippen molar-refractivity contribution in [3.63, 3.8) is 0 Å². The molecule has 0 bridgehead atoms. The van der Waals surface area contributed by atoms with Gasteiger partial charge in [-0.15, -0.1) is 0 Å². The van der Waals surface area contributed by atoms with Gasteiger partial charge in [-0.1, -0.05) is 49.1 Å². The molecule has 4 rings (SSSR count). The van der Waals surface area contributed by atoms with Gasteiger partial charge in [0, 0.05) is 23.2 Å². The largest absolute Gasteiger partial charge is 0.494 e. The van der Waals surface area contributed by atoms with Crippen LogP contribution >= 0.6 is 11.6 Å². The summed E-state index contributed by atoms with van der Waals surface area (Å²) in [6.07, 6.45) is 4.84. The van der Waals surface area contributed by atoms with Gasteiger partial charge in [-0.25, -0.2) is 12.8 Å². The Morgan fingerprint density at radius 3 is 2.28 bits per heavy atom. The second kappa shape index (κ2) is 14.7. The number of hydrogen-bond acceptors (Lipinski definition) is 5. The average Bonchev–Trinajstić information content (AvgIpc) is 3.00. The van der Waals surface area contributed by atoms with Crippen LogP contribution in [0.1, 0.15) is 51.5 Å². The molecular formula is C32H37ClFN3O5S. The first kappa shape index (κ1) is 32.3. The quantitative estimate of drug-likeness (QED) is 0.268. The van der Waals surface area contributed by atoms with Gasteiger partial charge in [0.25, 0.3) is 10.0 Å². The number of halogens is 2. The van der Waals surface area contributed by atoms with Gasteiger partial charge in [0.05, 0.1) is 17.2 Å². The molecule has 0 aromatic heterocycles. The van der Waals surface area contributed by atoms with E-state index in [0.29, 0.717) is 17.4 Å². The average molecular weight is 630 g/mol. The van der Waals surface area contributed by atoms with Gasteiger partial charge in [-0.05, 0) is 81.3 Å². The molecule has 8 nitrogen and oxygen atoms in total. The Bertz CT molecular complexity index is 1500. The topological polar surface area (TPSA) is 96.0 Å². The molecule has 3 aromatic carbocycles. The highest BCUT2D eigenvalue weighted by Crippen LogP contribution is 2.28. The maximum Gasteiger partial charge on any atom is 0.264 e. The first-order chi connectivity index (χ1) is 20.6. The summed E-state index contributed by atoms with van der Waals surface area (Å²) in [5.41, 5.74) is 0.429. The third kappa shape index (κ3) is 8.26. The van der Waals surface area contributed by atoms with Crippen molar-refractivity contribution in [2.24, 2.45) is 0 Å². The van der Waals surface area contributed by atoms with E-state index in [9.17, 15) is 22.4 Å². The van der Waals surface area contributed by atoms with E-state index in [2.05, 4.69) is 5.32 Å². The number of sulfonamides is 1. The van der Waals surface area contributed by atoms with Gasteiger partial charge >= 0.3 is 0 Å². The number of rotatable bonds is 12. The zero-order chi connectivity index (χ0) is 31.0. The van der Waals surface area contributed by atoms with Crippen molar-refractivity contribution in [3.8, 4) is 5.75 Å². The lowest BCUT2D eigenvalue weighted by molar-refractivity contribution is -0.139. The number of benzene rings is 3. The van der Waals surface area contributed by atoms with Crippen molar-refractivity contribution < 1.29 is 27.1 Å². The molecule has 1 N–H and O–H groups in total. The predicted octanol–water partition coefficient (Wildman–Crippen LogP) is 5.94. The summed E-state index contributed by atoms with van der Waals surface area (Å²) in [5, 5.41) is 3.39. The molecule has 1 aliphatic rings. The zero-order valence-corrected chi connectivity index (χ0v) is 25.9. The van der Waals surface area contributed by atoms with Gasteiger partial charge in [-0.2, -0.15) is 0 Å². The van der Waals surface area contributed by atoms with Crippen molar-refractivity contribution in [3.05, 3.63) is 89.2 Å². The monoisotopic (exact) mass is 629 g/mol. The fourth-order valence-corrected chi connectivity index (χ4v) is 6.64. The summed E-state index contributed by atoms with van der Waals surface area (Å²) in [6, 6.07) is 17.0. The number of amides is 2. The minimum Gasteiger partial charge on any atom is -0.494 e. The SMILES string of the molecule is CCOc1ccc(N(CC(=O)N(Cc2ccccc2F)[C@@H](C)C(=O)NC2CCCCC2)S(=O)(=O)c2ccc(Cl)cc2)cc1. The van der Waals surface area contributed by atoms with Crippen LogP contribution in [0.15, 0.2) is 77.7 Å². The minimum atomic E-state index is -4.26. The summed E-state index contributed by atoms with van der Waals surface area (Å²) in [5.74, 6) is -1.03. The van der Waals surface area contributed by atoms with E-state index in [1.807, 2.05) is 6.92 Å². The summed E-state index contributed by atoms with van der Waals surface area (Å²) < 4.78 is 49.1. The van der Waals surface area contributed by atoms with Crippen molar-refractivity contribution in [1.29, 1.82) is 0 Å². The van der Waals surface area contributed by atoms with Crippen LogP contribution in [0, 0.1) is 5.82 Å². The van der Waals surface area contributed by atoms with E-state index < -0.39 is 34.3 Å². The second-order valence-electron chi connectivity index (χ2n) is 10.5. The summed E-state index contributed by atoms with van der Waals surface area (Å²) in [7, 11) is -4.26. The number of ether oxygens (including phenoxy) is 1. The number of nitrogens with zero attached hydrogens (tertiary/aromatic N) is 2. The Labute approximate surface area is 257 Å². The molecule has 0 spiro atoms. The molecule has 0 aliphatic heterocycles. The van der Waals surface area contributed by atoms with Crippen molar-refractivity contribution in [1.82, 2.24) is 10.2 Å². The van der Waals surface area contributed by atoms with Gasteiger partial charge in [0.1, 0.15) is 24.2 Å². The van der Waals surface area contributed by atoms with Crippen LogP contribution in [0.25, 0.3) is 0 Å². The summed E-state index contributed by atoms with van der Waals surface area (Å²) in [6.45, 7) is 2.99. The van der Waals surface area contributed by atoms with E-state index in [-0.39, 0.29) is 34.6 Å². The Balaban J connectivity index is 1.68. The molecule has 1 atom stereocenters. The standard InChI is InChI=1S/C32H37ClFN3O5S/c1-3-42-28-17-15-27(16-18-28)37(43(40,41)29-19-13-25(33)14-20-29)22-31(38)36(21-24-9-7-8-12-30(24)34)23(2)32(39)35-26-10-5-4-6-11-26/h7-9,12-20,23,26H,3-6,10-11,21-22H2,1-2H3,(H,35,39)/t23-/m0/s1. The molecule has 1 saturated carbocycles. The highest BCUT2D eigenvalue weighted by atomic mass is 35.5. The van der Waals surface area contributed by atoms with Crippen molar-refractivity contribution in [2.45, 2.75) is 69.5 Å². The van der Waals surface area contributed by atoms with Crippen LogP contribution in [0.3, 0.4) is 0 Å². The lowest BCUT2D eigenvalue weighted by Crippen LogP contribution is -2.53. The smallest absolute Gasteiger partial charge is 0.264 e. The molecule has 0 heterocycles. The van der Waals surface area contributed by atoms with Crippen LogP contribution in [0.4, 0.5) is 10.1 Å². The van der Waals surface area contributed by atoms with Crippen LogP contribution in [0.5, 0.6) is 5.75 Å². The van der Waals surface area contributed by atoms with E-state index in [0.717, 1.165) is 36.4 Å². The third-order valence-corrected chi connectivity index (χ3v) is 9.57. The number of carbonyl (C=O) groups is 2. The maximum absolute atomic E-state index is 14.8. The Hall–Kier alpha value is -3.63. The van der Waals surface area contributed by atoms with Gasteiger partial charge < -0.3 is 15.0 Å². The molecule has 230 valence electrons. The van der Waals surface area contributed by atoms with Crippen molar-refractivity contribution >= 4 is 39.1 Å². The van der Waals surface area contributed by atoms with E-state index in [1.165, 1.54) is 47.4 Å². The Kier molecular flexibility index (Phi) is 11.0. The molecule has 3 aromatic rings.